The predicted molar refractivity (Wildman–Crippen MR) is 158 cm³/mol. The van der Waals surface area contributed by atoms with Gasteiger partial charge in [-0.3, -0.25) is 14.4 Å². The van der Waals surface area contributed by atoms with E-state index in [2.05, 4.69) is 38.7 Å². The lowest BCUT2D eigenvalue weighted by Gasteiger charge is -2.35. The van der Waals surface area contributed by atoms with Crippen LogP contribution in [0.5, 0.6) is 0 Å². The Labute approximate surface area is 233 Å². The summed E-state index contributed by atoms with van der Waals surface area (Å²) in [6, 6.07) is 21.2. The molecule has 0 N–H and O–H groups in total. The van der Waals surface area contributed by atoms with Crippen molar-refractivity contribution in [2.75, 3.05) is 6.54 Å². The summed E-state index contributed by atoms with van der Waals surface area (Å²) in [6.45, 7) is 11.7. The third-order valence-electron chi connectivity index (χ3n) is 7.03. The van der Waals surface area contributed by atoms with Crippen LogP contribution in [-0.4, -0.2) is 32.4 Å². The SMILES string of the molecule is Cc1ccc(C2=NC(C)(C)CN2C(c2nc3cc(Cl)ccc3c(=O)n2Cc2ccccc2)C(C)C)cc1Cl. The lowest BCUT2D eigenvalue weighted by molar-refractivity contribution is 0.225. The lowest BCUT2D eigenvalue weighted by atomic mass is 9.98. The fourth-order valence-corrected chi connectivity index (χ4v) is 5.57. The van der Waals surface area contributed by atoms with E-state index in [0.717, 1.165) is 22.5 Å². The molecule has 38 heavy (non-hydrogen) atoms. The molecule has 7 heteroatoms. The Morgan fingerprint density at radius 2 is 1.74 bits per heavy atom. The van der Waals surface area contributed by atoms with Crippen molar-refractivity contribution in [1.29, 1.82) is 0 Å². The topological polar surface area (TPSA) is 50.5 Å². The van der Waals surface area contributed by atoms with Crippen molar-refractivity contribution in [1.82, 2.24) is 14.5 Å². The average Bonchev–Trinajstić information content (AvgIpc) is 3.18. The van der Waals surface area contributed by atoms with Crippen molar-refractivity contribution in [2.24, 2.45) is 10.9 Å². The number of fused-ring (bicyclic) bond motifs is 1. The van der Waals surface area contributed by atoms with E-state index < -0.39 is 0 Å². The van der Waals surface area contributed by atoms with Gasteiger partial charge in [0.25, 0.3) is 5.56 Å². The van der Waals surface area contributed by atoms with E-state index in [1.54, 1.807) is 18.2 Å². The van der Waals surface area contributed by atoms with Gasteiger partial charge >= 0.3 is 0 Å². The van der Waals surface area contributed by atoms with Gasteiger partial charge < -0.3 is 4.90 Å². The molecule has 0 amide bonds. The fraction of sp³-hybridized carbons (Fsp3) is 0.323. The first-order valence-electron chi connectivity index (χ1n) is 12.9. The van der Waals surface area contributed by atoms with Gasteiger partial charge in [-0.2, -0.15) is 0 Å². The molecule has 1 aromatic heterocycles. The maximum Gasteiger partial charge on any atom is 0.261 e. The Bertz CT molecular complexity index is 1590. The summed E-state index contributed by atoms with van der Waals surface area (Å²) >= 11 is 12.9. The van der Waals surface area contributed by atoms with Crippen LogP contribution in [0.4, 0.5) is 0 Å². The van der Waals surface area contributed by atoms with E-state index >= 15 is 0 Å². The molecule has 4 aromatic rings. The zero-order valence-corrected chi connectivity index (χ0v) is 23.9. The van der Waals surface area contributed by atoms with E-state index in [1.807, 2.05) is 54.0 Å². The van der Waals surface area contributed by atoms with Crippen molar-refractivity contribution < 1.29 is 0 Å². The Balaban J connectivity index is 1.73. The number of aliphatic imine (C=N–C) groups is 1. The molecule has 196 valence electrons. The Morgan fingerprint density at radius 3 is 2.42 bits per heavy atom. The van der Waals surface area contributed by atoms with Crippen LogP contribution in [0.2, 0.25) is 10.0 Å². The van der Waals surface area contributed by atoms with Crippen LogP contribution in [0.15, 0.2) is 76.5 Å². The van der Waals surface area contributed by atoms with Gasteiger partial charge in [0.1, 0.15) is 11.7 Å². The number of hydrogen-bond donors (Lipinski definition) is 0. The minimum Gasteiger partial charge on any atom is -0.344 e. The van der Waals surface area contributed by atoms with Gasteiger partial charge in [0.2, 0.25) is 0 Å². The van der Waals surface area contributed by atoms with E-state index in [1.165, 1.54) is 0 Å². The molecule has 5 rings (SSSR count). The zero-order valence-electron chi connectivity index (χ0n) is 22.4. The van der Waals surface area contributed by atoms with Crippen molar-refractivity contribution in [3.63, 3.8) is 0 Å². The molecule has 0 radical (unpaired) electrons. The van der Waals surface area contributed by atoms with Gasteiger partial charge in [-0.15, -0.1) is 0 Å². The highest BCUT2D eigenvalue weighted by atomic mass is 35.5. The van der Waals surface area contributed by atoms with Crippen molar-refractivity contribution in [2.45, 2.75) is 52.7 Å². The summed E-state index contributed by atoms with van der Waals surface area (Å²) in [5.74, 6) is 1.69. The number of aromatic nitrogens is 2. The van der Waals surface area contributed by atoms with Crippen LogP contribution in [0, 0.1) is 12.8 Å². The predicted octanol–water partition coefficient (Wildman–Crippen LogP) is 7.30. The summed E-state index contributed by atoms with van der Waals surface area (Å²) < 4.78 is 1.82. The van der Waals surface area contributed by atoms with Crippen LogP contribution in [0.3, 0.4) is 0 Å². The molecular weight excluding hydrogens is 515 g/mol. The summed E-state index contributed by atoms with van der Waals surface area (Å²) in [5, 5.41) is 1.81. The second kappa shape index (κ2) is 10.2. The molecular formula is C31H32Cl2N4O. The first-order chi connectivity index (χ1) is 18.0. The third-order valence-corrected chi connectivity index (χ3v) is 7.67. The molecule has 3 aromatic carbocycles. The maximum atomic E-state index is 14.0. The van der Waals surface area contributed by atoms with Gasteiger partial charge in [-0.05, 0) is 62.1 Å². The van der Waals surface area contributed by atoms with E-state index in [0.29, 0.717) is 39.9 Å². The molecule has 1 aliphatic rings. The monoisotopic (exact) mass is 546 g/mol. The minimum atomic E-state index is -0.315. The minimum absolute atomic E-state index is 0.0773. The third kappa shape index (κ3) is 5.10. The number of benzene rings is 3. The maximum absolute atomic E-state index is 14.0. The highest BCUT2D eigenvalue weighted by Gasteiger charge is 2.40. The lowest BCUT2D eigenvalue weighted by Crippen LogP contribution is -2.42. The van der Waals surface area contributed by atoms with Crippen LogP contribution in [0.25, 0.3) is 10.9 Å². The number of nitrogens with zero attached hydrogens (tertiary/aromatic N) is 4. The molecule has 0 saturated carbocycles. The zero-order chi connectivity index (χ0) is 27.2. The van der Waals surface area contributed by atoms with E-state index in [4.69, 9.17) is 33.2 Å². The van der Waals surface area contributed by atoms with E-state index in [-0.39, 0.29) is 23.1 Å². The van der Waals surface area contributed by atoms with Gasteiger partial charge in [-0.25, -0.2) is 4.98 Å². The summed E-state index contributed by atoms with van der Waals surface area (Å²) in [7, 11) is 0. The molecule has 0 spiro atoms. The van der Waals surface area contributed by atoms with Crippen LogP contribution in [-0.2, 0) is 6.54 Å². The number of hydrogen-bond acceptors (Lipinski definition) is 4. The Morgan fingerprint density at radius 1 is 1.00 bits per heavy atom. The molecule has 0 fully saturated rings. The standard InChI is InChI=1S/C31H32Cl2N4O/c1-19(2)27(37-18-31(4,5)35-28(37)22-12-11-20(3)25(33)15-22)29-34-26-16-23(32)13-14-24(26)30(38)36(29)17-21-9-7-6-8-10-21/h6-16,19,27H,17-18H2,1-5H3. The molecule has 1 atom stereocenters. The fourth-order valence-electron chi connectivity index (χ4n) is 5.22. The van der Waals surface area contributed by atoms with Crippen molar-refractivity contribution >= 4 is 39.9 Å². The quantitative estimate of drug-likeness (QED) is 0.255. The van der Waals surface area contributed by atoms with Crippen LogP contribution >= 0.6 is 23.2 Å². The summed E-state index contributed by atoms with van der Waals surface area (Å²) in [6.07, 6.45) is 0. The highest BCUT2D eigenvalue weighted by molar-refractivity contribution is 6.32. The second-order valence-corrected chi connectivity index (χ2v) is 11.9. The number of aryl methyl sites for hydroxylation is 1. The largest absolute Gasteiger partial charge is 0.344 e. The Kier molecular flexibility index (Phi) is 7.10. The normalized spacial score (nSPS) is 15.8. The summed E-state index contributed by atoms with van der Waals surface area (Å²) in [5.41, 5.74) is 3.22. The molecule has 1 unspecified atom stereocenters. The van der Waals surface area contributed by atoms with Gasteiger partial charge in [-0.1, -0.05) is 79.5 Å². The molecule has 5 nitrogen and oxygen atoms in total. The second-order valence-electron chi connectivity index (χ2n) is 11.0. The smallest absolute Gasteiger partial charge is 0.261 e. The molecule has 1 aliphatic heterocycles. The molecule has 0 saturated heterocycles. The van der Waals surface area contributed by atoms with Crippen LogP contribution in [0.1, 0.15) is 56.3 Å². The Hall–Kier alpha value is -3.15. The molecule has 0 bridgehead atoms. The van der Waals surface area contributed by atoms with Gasteiger partial charge in [0, 0.05) is 22.2 Å². The van der Waals surface area contributed by atoms with Crippen molar-refractivity contribution in [3.8, 4) is 0 Å². The summed E-state index contributed by atoms with van der Waals surface area (Å²) in [4.78, 5) is 26.5. The first-order valence-corrected chi connectivity index (χ1v) is 13.7. The van der Waals surface area contributed by atoms with Crippen molar-refractivity contribution in [3.05, 3.63) is 110 Å². The number of rotatable bonds is 6. The number of halogens is 2. The molecule has 0 aliphatic carbocycles. The van der Waals surface area contributed by atoms with E-state index in [9.17, 15) is 4.79 Å². The number of amidine groups is 1. The van der Waals surface area contributed by atoms with Gasteiger partial charge in [0.15, 0.2) is 0 Å². The van der Waals surface area contributed by atoms with Crippen LogP contribution < -0.4 is 5.56 Å². The highest BCUT2D eigenvalue weighted by Crippen LogP contribution is 2.36. The van der Waals surface area contributed by atoms with Gasteiger partial charge in [0.05, 0.1) is 29.0 Å². The first kappa shape index (κ1) is 26.5. The average molecular weight is 548 g/mol. The molecule has 2 heterocycles.